The van der Waals surface area contributed by atoms with Crippen LogP contribution in [-0.2, 0) is 22.4 Å². The molecule has 4 heteroatoms. The van der Waals surface area contributed by atoms with Gasteiger partial charge in [-0.3, -0.25) is 9.59 Å². The number of hydrogen-bond donors (Lipinski definition) is 0. The van der Waals surface area contributed by atoms with E-state index in [0.717, 1.165) is 30.5 Å². The maximum atomic E-state index is 12.7. The van der Waals surface area contributed by atoms with Crippen molar-refractivity contribution < 1.29 is 9.59 Å². The van der Waals surface area contributed by atoms with Gasteiger partial charge in [-0.25, -0.2) is 0 Å². The fourth-order valence-electron chi connectivity index (χ4n) is 4.00. The van der Waals surface area contributed by atoms with Gasteiger partial charge in [-0.15, -0.1) is 0 Å². The van der Waals surface area contributed by atoms with Crippen molar-refractivity contribution in [3.63, 3.8) is 0 Å². The molecule has 0 radical (unpaired) electrons. The average molecular weight is 314 g/mol. The SMILES string of the molecule is CC1CCCC(C)N1C(=O)Cc1ccc2c(c1)CCC(=O)N2C. The first kappa shape index (κ1) is 16.0. The molecule has 2 aliphatic heterocycles. The topological polar surface area (TPSA) is 40.6 Å². The predicted molar refractivity (Wildman–Crippen MR) is 91.5 cm³/mol. The van der Waals surface area contributed by atoms with Crippen LogP contribution in [0.2, 0.25) is 0 Å². The van der Waals surface area contributed by atoms with Gasteiger partial charge in [0.15, 0.2) is 0 Å². The van der Waals surface area contributed by atoms with Gasteiger partial charge in [0.25, 0.3) is 0 Å². The lowest BCUT2D eigenvalue weighted by molar-refractivity contribution is -0.136. The van der Waals surface area contributed by atoms with E-state index in [1.54, 1.807) is 4.90 Å². The van der Waals surface area contributed by atoms with Gasteiger partial charge < -0.3 is 9.80 Å². The van der Waals surface area contributed by atoms with E-state index in [1.165, 1.54) is 12.0 Å². The number of benzene rings is 1. The molecule has 2 heterocycles. The third-order valence-electron chi connectivity index (χ3n) is 5.32. The highest BCUT2D eigenvalue weighted by molar-refractivity contribution is 5.96. The van der Waals surface area contributed by atoms with E-state index in [0.29, 0.717) is 24.9 Å². The van der Waals surface area contributed by atoms with Crippen molar-refractivity contribution in [1.29, 1.82) is 0 Å². The Morgan fingerprint density at radius 2 is 1.87 bits per heavy atom. The van der Waals surface area contributed by atoms with Crippen LogP contribution < -0.4 is 4.90 Å². The van der Waals surface area contributed by atoms with E-state index < -0.39 is 0 Å². The maximum Gasteiger partial charge on any atom is 0.227 e. The fraction of sp³-hybridized carbons (Fsp3) is 0.579. The van der Waals surface area contributed by atoms with Crippen LogP contribution in [0.15, 0.2) is 18.2 Å². The summed E-state index contributed by atoms with van der Waals surface area (Å²) in [6, 6.07) is 6.76. The Morgan fingerprint density at radius 3 is 2.57 bits per heavy atom. The first-order chi connectivity index (χ1) is 11.0. The summed E-state index contributed by atoms with van der Waals surface area (Å²) in [5.74, 6) is 0.391. The Balaban J connectivity index is 1.76. The Morgan fingerprint density at radius 1 is 1.17 bits per heavy atom. The summed E-state index contributed by atoms with van der Waals surface area (Å²) in [6.07, 6.45) is 5.21. The molecule has 2 unspecified atom stereocenters. The van der Waals surface area contributed by atoms with E-state index in [1.807, 2.05) is 19.2 Å². The highest BCUT2D eigenvalue weighted by atomic mass is 16.2. The molecule has 1 aromatic rings. The summed E-state index contributed by atoms with van der Waals surface area (Å²) in [5, 5.41) is 0. The zero-order chi connectivity index (χ0) is 16.6. The summed E-state index contributed by atoms with van der Waals surface area (Å²) in [5.41, 5.74) is 3.22. The normalized spacial score (nSPS) is 24.6. The van der Waals surface area contributed by atoms with Gasteiger partial charge in [-0.1, -0.05) is 12.1 Å². The van der Waals surface area contributed by atoms with Crippen molar-refractivity contribution in [2.75, 3.05) is 11.9 Å². The predicted octanol–water partition coefficient (Wildman–Crippen LogP) is 2.93. The van der Waals surface area contributed by atoms with Crippen LogP contribution in [0.3, 0.4) is 0 Å². The number of hydrogen-bond acceptors (Lipinski definition) is 2. The van der Waals surface area contributed by atoms with Gasteiger partial charge in [-0.05, 0) is 56.7 Å². The smallest absolute Gasteiger partial charge is 0.227 e. The highest BCUT2D eigenvalue weighted by Gasteiger charge is 2.29. The minimum absolute atomic E-state index is 0.164. The first-order valence-corrected chi connectivity index (χ1v) is 8.67. The molecule has 0 N–H and O–H groups in total. The second-order valence-corrected chi connectivity index (χ2v) is 7.02. The largest absolute Gasteiger partial charge is 0.337 e. The quantitative estimate of drug-likeness (QED) is 0.842. The molecule has 0 aromatic heterocycles. The molecule has 2 atom stereocenters. The number of anilines is 1. The van der Waals surface area contributed by atoms with E-state index >= 15 is 0 Å². The lowest BCUT2D eigenvalue weighted by Crippen LogP contribution is -2.48. The third kappa shape index (κ3) is 3.12. The van der Waals surface area contributed by atoms with Crippen molar-refractivity contribution in [3.8, 4) is 0 Å². The van der Waals surface area contributed by atoms with Crippen molar-refractivity contribution in [2.45, 2.75) is 64.5 Å². The number of carbonyl (C=O) groups is 2. The lowest BCUT2D eigenvalue weighted by Gasteiger charge is -2.39. The molecule has 23 heavy (non-hydrogen) atoms. The fourth-order valence-corrected chi connectivity index (χ4v) is 4.00. The second kappa shape index (κ2) is 6.34. The number of rotatable bonds is 2. The van der Waals surface area contributed by atoms with E-state index in [9.17, 15) is 9.59 Å². The molecule has 2 aliphatic rings. The van der Waals surface area contributed by atoms with Gasteiger partial charge >= 0.3 is 0 Å². The molecule has 0 spiro atoms. The van der Waals surface area contributed by atoms with Gasteiger partial charge in [0.1, 0.15) is 0 Å². The summed E-state index contributed by atoms with van der Waals surface area (Å²) >= 11 is 0. The Labute approximate surface area is 138 Å². The number of piperidine rings is 1. The van der Waals surface area contributed by atoms with E-state index in [-0.39, 0.29) is 11.8 Å². The van der Waals surface area contributed by atoms with Gasteiger partial charge in [-0.2, -0.15) is 0 Å². The number of nitrogens with zero attached hydrogens (tertiary/aromatic N) is 2. The van der Waals surface area contributed by atoms with Crippen LogP contribution in [0.5, 0.6) is 0 Å². The molecule has 3 rings (SSSR count). The Bertz CT molecular complexity index is 616. The zero-order valence-corrected chi connectivity index (χ0v) is 14.3. The molecule has 0 bridgehead atoms. The highest BCUT2D eigenvalue weighted by Crippen LogP contribution is 2.28. The summed E-state index contributed by atoms with van der Waals surface area (Å²) in [4.78, 5) is 28.3. The average Bonchev–Trinajstić information content (AvgIpc) is 2.51. The molecular formula is C19H26N2O2. The molecule has 0 aliphatic carbocycles. The van der Waals surface area contributed by atoms with Crippen LogP contribution in [0.25, 0.3) is 0 Å². The maximum absolute atomic E-state index is 12.7. The minimum atomic E-state index is 0.164. The molecule has 124 valence electrons. The summed E-state index contributed by atoms with van der Waals surface area (Å²) < 4.78 is 0. The number of amides is 2. The Hall–Kier alpha value is -1.84. The summed E-state index contributed by atoms with van der Waals surface area (Å²) in [7, 11) is 1.82. The van der Waals surface area contributed by atoms with Crippen molar-refractivity contribution >= 4 is 17.5 Å². The molecular weight excluding hydrogens is 288 g/mol. The first-order valence-electron chi connectivity index (χ1n) is 8.67. The van der Waals surface area contributed by atoms with Crippen molar-refractivity contribution in [1.82, 2.24) is 4.90 Å². The van der Waals surface area contributed by atoms with Crippen LogP contribution in [0.4, 0.5) is 5.69 Å². The number of fused-ring (bicyclic) bond motifs is 1. The standard InChI is InChI=1S/C19H26N2O2/c1-13-5-4-6-14(2)21(13)19(23)12-15-7-9-17-16(11-15)8-10-18(22)20(17)3/h7,9,11,13-14H,4-6,8,10,12H2,1-3H3. The van der Waals surface area contributed by atoms with Gasteiger partial charge in [0.2, 0.25) is 11.8 Å². The van der Waals surface area contributed by atoms with Crippen LogP contribution in [-0.4, -0.2) is 35.8 Å². The lowest BCUT2D eigenvalue weighted by atomic mass is 9.95. The molecule has 1 fully saturated rings. The number of aryl methyl sites for hydroxylation is 1. The summed E-state index contributed by atoms with van der Waals surface area (Å²) in [6.45, 7) is 4.31. The molecule has 4 nitrogen and oxygen atoms in total. The molecule has 1 aromatic carbocycles. The monoisotopic (exact) mass is 314 g/mol. The van der Waals surface area contributed by atoms with Gasteiger partial charge in [0.05, 0.1) is 6.42 Å². The number of likely N-dealkylation sites (tertiary alicyclic amines) is 1. The minimum Gasteiger partial charge on any atom is -0.337 e. The third-order valence-corrected chi connectivity index (χ3v) is 5.32. The Kier molecular flexibility index (Phi) is 4.42. The van der Waals surface area contributed by atoms with Crippen LogP contribution in [0, 0.1) is 0 Å². The van der Waals surface area contributed by atoms with Crippen molar-refractivity contribution in [3.05, 3.63) is 29.3 Å². The zero-order valence-electron chi connectivity index (χ0n) is 14.3. The molecule has 2 amide bonds. The van der Waals surface area contributed by atoms with E-state index in [4.69, 9.17) is 0 Å². The molecule has 0 saturated carbocycles. The van der Waals surface area contributed by atoms with Crippen molar-refractivity contribution in [2.24, 2.45) is 0 Å². The molecule has 1 saturated heterocycles. The van der Waals surface area contributed by atoms with E-state index in [2.05, 4.69) is 24.8 Å². The van der Waals surface area contributed by atoms with Crippen LogP contribution >= 0.6 is 0 Å². The van der Waals surface area contributed by atoms with Crippen LogP contribution in [0.1, 0.15) is 50.7 Å². The second-order valence-electron chi connectivity index (χ2n) is 7.02. The van der Waals surface area contributed by atoms with Gasteiger partial charge in [0, 0.05) is 31.2 Å². The number of carbonyl (C=O) groups excluding carboxylic acids is 2.